The summed E-state index contributed by atoms with van der Waals surface area (Å²) in [5, 5.41) is 8.99. The lowest BCUT2D eigenvalue weighted by Gasteiger charge is -2.19. The average Bonchev–Trinajstić information content (AvgIpc) is 2.97. The highest BCUT2D eigenvalue weighted by Gasteiger charge is 2.60. The topological polar surface area (TPSA) is 95.7 Å². The van der Waals surface area contributed by atoms with Gasteiger partial charge in [0.15, 0.2) is 5.65 Å². The molecule has 1 fully saturated rings. The molecule has 1 unspecified atom stereocenters. The van der Waals surface area contributed by atoms with Gasteiger partial charge in [0, 0.05) is 12.5 Å². The molecule has 3 aromatic rings. The molecule has 4 rings (SSSR count). The van der Waals surface area contributed by atoms with Crippen LogP contribution in [0.5, 0.6) is 0 Å². The van der Waals surface area contributed by atoms with Crippen molar-refractivity contribution in [1.82, 2.24) is 24.9 Å². The fraction of sp³-hybridized carbons (Fsp3) is 0.529. The normalized spacial score (nSPS) is 18.5. The summed E-state index contributed by atoms with van der Waals surface area (Å²) < 4.78 is 33.3. The van der Waals surface area contributed by atoms with Crippen LogP contribution in [0.3, 0.4) is 0 Å². The van der Waals surface area contributed by atoms with E-state index in [1.807, 2.05) is 34.6 Å². The summed E-state index contributed by atoms with van der Waals surface area (Å²) in [4.78, 5) is 8.26. The van der Waals surface area contributed by atoms with Gasteiger partial charge in [-0.15, -0.1) is 0 Å². The molecule has 140 valence electrons. The molecule has 1 aliphatic rings. The van der Waals surface area contributed by atoms with Crippen LogP contribution in [0.25, 0.3) is 22.4 Å². The maximum Gasteiger partial charge on any atom is 0.259 e. The Kier molecular flexibility index (Phi) is 4.20. The summed E-state index contributed by atoms with van der Waals surface area (Å²) in [7, 11) is 0. The number of nitrogen functional groups attached to an aromatic ring is 1. The third-order valence-corrected chi connectivity index (χ3v) is 4.07. The second-order valence-corrected chi connectivity index (χ2v) is 7.02. The van der Waals surface area contributed by atoms with E-state index in [-0.39, 0.29) is 23.5 Å². The summed E-state index contributed by atoms with van der Waals surface area (Å²) in [5.74, 6) is -3.22. The summed E-state index contributed by atoms with van der Waals surface area (Å²) in [6, 6.07) is 1.49. The van der Waals surface area contributed by atoms with E-state index in [9.17, 15) is 8.78 Å². The number of alkyl halides is 2. The molecule has 0 bridgehead atoms. The summed E-state index contributed by atoms with van der Waals surface area (Å²) >= 11 is 0. The minimum atomic E-state index is -2.72. The van der Waals surface area contributed by atoms with Crippen LogP contribution in [0.4, 0.5) is 14.6 Å². The molecule has 7 nitrogen and oxygen atoms in total. The zero-order chi connectivity index (χ0) is 19.3. The van der Waals surface area contributed by atoms with E-state index in [0.29, 0.717) is 22.4 Å². The average molecular weight is 364 g/mol. The van der Waals surface area contributed by atoms with Crippen LogP contribution in [0, 0.1) is 0 Å². The molecule has 0 radical (unpaired) electrons. The fourth-order valence-electron chi connectivity index (χ4n) is 2.71. The van der Waals surface area contributed by atoms with Crippen LogP contribution in [-0.4, -0.2) is 30.8 Å². The number of rotatable bonds is 2. The molecule has 9 heteroatoms. The lowest BCUT2D eigenvalue weighted by molar-refractivity contribution is 0.107. The Morgan fingerprint density at radius 1 is 1.27 bits per heavy atom. The van der Waals surface area contributed by atoms with E-state index in [1.165, 1.54) is 12.4 Å². The first kappa shape index (κ1) is 18.2. The lowest BCUT2D eigenvalue weighted by Crippen LogP contribution is -2.23. The van der Waals surface area contributed by atoms with Gasteiger partial charge in [-0.3, -0.25) is 0 Å². The molecule has 3 heterocycles. The maximum absolute atomic E-state index is 13.2. The first-order valence-corrected chi connectivity index (χ1v) is 8.53. The van der Waals surface area contributed by atoms with Gasteiger partial charge in [0.2, 0.25) is 0 Å². The molecule has 1 atom stereocenters. The highest BCUT2D eigenvalue weighted by Crippen LogP contribution is 2.56. The number of nitrogens with zero attached hydrogens (tertiary/aromatic N) is 5. The molecule has 0 aromatic carbocycles. The molecule has 0 aliphatic heterocycles. The number of nitrogens with two attached hydrogens (primary N) is 1. The standard InChI is InChI=1S/C15H16F2N6O.C2H6/c1-14(2,3)23-13-10(12(18)19-6-20-13)11(21-23)8-4-9(24-22-8)7-5-15(7,16)17;1-2/h4,6-7H,5H2,1-3H3,(H2,18,19,20);1-2H3. The van der Waals surface area contributed by atoms with E-state index < -0.39 is 11.8 Å². The van der Waals surface area contributed by atoms with E-state index in [0.717, 1.165) is 0 Å². The third kappa shape index (κ3) is 2.91. The van der Waals surface area contributed by atoms with Gasteiger partial charge in [-0.05, 0) is 20.8 Å². The third-order valence-electron chi connectivity index (χ3n) is 4.07. The fourth-order valence-corrected chi connectivity index (χ4v) is 2.71. The van der Waals surface area contributed by atoms with E-state index >= 15 is 0 Å². The van der Waals surface area contributed by atoms with Crippen LogP contribution in [0.2, 0.25) is 0 Å². The SMILES string of the molecule is CC.CC(C)(C)n1nc(-c2cc(C3CC3(F)F)on2)c2c(N)ncnc21. The number of anilines is 1. The van der Waals surface area contributed by atoms with Gasteiger partial charge in [-0.25, -0.2) is 23.4 Å². The summed E-state index contributed by atoms with van der Waals surface area (Å²) in [6.45, 7) is 9.92. The van der Waals surface area contributed by atoms with Crippen molar-refractivity contribution in [2.24, 2.45) is 0 Å². The molecule has 0 amide bonds. The van der Waals surface area contributed by atoms with Crippen LogP contribution in [-0.2, 0) is 5.54 Å². The molecule has 26 heavy (non-hydrogen) atoms. The van der Waals surface area contributed by atoms with E-state index in [4.69, 9.17) is 10.3 Å². The molecule has 1 saturated carbocycles. The molecule has 0 spiro atoms. The highest BCUT2D eigenvalue weighted by molar-refractivity contribution is 5.97. The van der Waals surface area contributed by atoms with Gasteiger partial charge >= 0.3 is 0 Å². The predicted molar refractivity (Wildman–Crippen MR) is 93.9 cm³/mol. The number of aromatic nitrogens is 5. The minimum absolute atomic E-state index is 0.156. The van der Waals surface area contributed by atoms with Gasteiger partial charge in [0.25, 0.3) is 5.92 Å². The van der Waals surface area contributed by atoms with Gasteiger partial charge < -0.3 is 10.3 Å². The summed E-state index contributed by atoms with van der Waals surface area (Å²) in [5.41, 5.74) is 6.97. The first-order chi connectivity index (χ1) is 12.2. The Balaban J connectivity index is 0.000000948. The molecule has 1 aliphatic carbocycles. The van der Waals surface area contributed by atoms with Crippen molar-refractivity contribution in [2.75, 3.05) is 5.73 Å². The quantitative estimate of drug-likeness (QED) is 0.739. The number of fused-ring (bicyclic) bond motifs is 1. The highest BCUT2D eigenvalue weighted by atomic mass is 19.3. The van der Waals surface area contributed by atoms with Crippen molar-refractivity contribution < 1.29 is 13.3 Å². The minimum Gasteiger partial charge on any atom is -0.383 e. The van der Waals surface area contributed by atoms with Crippen molar-refractivity contribution in [3.8, 4) is 11.4 Å². The number of halogens is 2. The van der Waals surface area contributed by atoms with Crippen LogP contribution >= 0.6 is 0 Å². The lowest BCUT2D eigenvalue weighted by atomic mass is 10.1. The van der Waals surface area contributed by atoms with Crippen LogP contribution < -0.4 is 5.73 Å². The number of hydrogen-bond acceptors (Lipinski definition) is 6. The van der Waals surface area contributed by atoms with Gasteiger partial charge in [-0.1, -0.05) is 19.0 Å². The zero-order valence-corrected chi connectivity index (χ0v) is 15.4. The summed E-state index contributed by atoms with van der Waals surface area (Å²) in [6.07, 6.45) is 1.15. The van der Waals surface area contributed by atoms with Crippen molar-refractivity contribution in [3.05, 3.63) is 18.2 Å². The van der Waals surface area contributed by atoms with Crippen molar-refractivity contribution in [1.29, 1.82) is 0 Å². The van der Waals surface area contributed by atoms with Gasteiger partial charge in [0.05, 0.1) is 16.8 Å². The van der Waals surface area contributed by atoms with Crippen LogP contribution in [0.15, 0.2) is 16.9 Å². The second-order valence-electron chi connectivity index (χ2n) is 7.02. The van der Waals surface area contributed by atoms with Crippen molar-refractivity contribution >= 4 is 16.9 Å². The van der Waals surface area contributed by atoms with Gasteiger partial charge in [-0.2, -0.15) is 5.10 Å². The zero-order valence-electron chi connectivity index (χ0n) is 15.4. The first-order valence-electron chi connectivity index (χ1n) is 8.53. The maximum atomic E-state index is 13.2. The predicted octanol–water partition coefficient (Wildman–Crippen LogP) is 3.97. The Hall–Kier alpha value is -2.58. The Morgan fingerprint density at radius 2 is 1.92 bits per heavy atom. The largest absolute Gasteiger partial charge is 0.383 e. The van der Waals surface area contributed by atoms with E-state index in [1.54, 1.807) is 4.68 Å². The van der Waals surface area contributed by atoms with Crippen molar-refractivity contribution in [3.63, 3.8) is 0 Å². The van der Waals surface area contributed by atoms with Crippen molar-refractivity contribution in [2.45, 2.75) is 58.4 Å². The molecule has 2 N–H and O–H groups in total. The molecule has 0 saturated heterocycles. The monoisotopic (exact) mass is 364 g/mol. The Morgan fingerprint density at radius 3 is 2.50 bits per heavy atom. The van der Waals surface area contributed by atoms with Crippen LogP contribution in [0.1, 0.15) is 52.7 Å². The molecular formula is C17H22F2N6O. The van der Waals surface area contributed by atoms with E-state index in [2.05, 4.69) is 20.2 Å². The Bertz CT molecular complexity index is 941. The molecule has 3 aromatic heterocycles. The Labute approximate surface area is 149 Å². The smallest absolute Gasteiger partial charge is 0.259 e. The number of hydrogen-bond donors (Lipinski definition) is 1. The second kappa shape index (κ2) is 6.00. The molecular weight excluding hydrogens is 342 g/mol. The van der Waals surface area contributed by atoms with Gasteiger partial charge in [0.1, 0.15) is 29.3 Å².